The maximum absolute atomic E-state index is 13.4. The Balaban J connectivity index is 2.19. The van der Waals surface area contributed by atoms with E-state index in [9.17, 15) is 17.6 Å². The second kappa shape index (κ2) is 5.98. The van der Waals surface area contributed by atoms with E-state index in [1.807, 2.05) is 6.07 Å². The predicted octanol–water partition coefficient (Wildman–Crippen LogP) is 4.24. The lowest BCUT2D eigenvalue weighted by molar-refractivity contribution is -0.140. The van der Waals surface area contributed by atoms with Crippen LogP contribution in [0.4, 0.5) is 17.6 Å². The van der Waals surface area contributed by atoms with Crippen molar-refractivity contribution in [2.45, 2.75) is 6.18 Å². The first-order chi connectivity index (χ1) is 11.8. The molecule has 25 heavy (non-hydrogen) atoms. The molecule has 0 spiro atoms. The summed E-state index contributed by atoms with van der Waals surface area (Å²) in [6.45, 7) is 0. The second-order valence-electron chi connectivity index (χ2n) is 5.10. The molecule has 0 aliphatic heterocycles. The second-order valence-corrected chi connectivity index (χ2v) is 5.10. The molecule has 0 saturated carbocycles. The molecule has 0 atom stereocenters. The van der Waals surface area contributed by atoms with Gasteiger partial charge in [-0.15, -0.1) is 0 Å². The molecule has 3 aromatic rings. The van der Waals surface area contributed by atoms with E-state index in [1.165, 1.54) is 31.6 Å². The van der Waals surface area contributed by atoms with Gasteiger partial charge in [-0.25, -0.2) is 9.07 Å². The van der Waals surface area contributed by atoms with Crippen LogP contribution in [0.5, 0.6) is 11.6 Å². The van der Waals surface area contributed by atoms with Crippen molar-refractivity contribution in [3.63, 3.8) is 0 Å². The van der Waals surface area contributed by atoms with E-state index in [0.717, 1.165) is 16.8 Å². The summed E-state index contributed by atoms with van der Waals surface area (Å²) in [5.74, 6) is -0.589. The molecule has 1 aromatic carbocycles. The molecule has 0 aliphatic carbocycles. The van der Waals surface area contributed by atoms with Crippen molar-refractivity contribution < 1.29 is 22.3 Å². The minimum absolute atomic E-state index is 0.0139. The third-order valence-corrected chi connectivity index (χ3v) is 3.43. The zero-order valence-corrected chi connectivity index (χ0v) is 12.7. The minimum Gasteiger partial charge on any atom is -0.439 e. The lowest BCUT2D eigenvalue weighted by Crippen LogP contribution is -2.08. The molecular weight excluding hydrogens is 340 g/mol. The standard InChI is InChI=1S/C16H10F4N4O/c1-24-15(25-11-4-2-10(17)3-5-11)13(14(23-24)16(18,19)20)12-8-22-7-9(12)6-21/h2-5,7-8,22H,1H3. The van der Waals surface area contributed by atoms with Crippen LogP contribution in [-0.2, 0) is 13.2 Å². The molecule has 2 aromatic heterocycles. The average molecular weight is 350 g/mol. The highest BCUT2D eigenvalue weighted by molar-refractivity contribution is 5.77. The first-order valence-corrected chi connectivity index (χ1v) is 6.96. The molecule has 0 radical (unpaired) electrons. The SMILES string of the molecule is Cn1nc(C(F)(F)F)c(-c2c[nH]cc2C#N)c1Oc1ccc(F)cc1. The van der Waals surface area contributed by atoms with Crippen LogP contribution < -0.4 is 4.74 Å². The number of aryl methyl sites for hydroxylation is 1. The van der Waals surface area contributed by atoms with Gasteiger partial charge in [-0.2, -0.15) is 23.5 Å². The molecule has 128 valence electrons. The highest BCUT2D eigenvalue weighted by atomic mass is 19.4. The van der Waals surface area contributed by atoms with Gasteiger partial charge in [0.2, 0.25) is 5.88 Å². The zero-order valence-electron chi connectivity index (χ0n) is 12.7. The minimum atomic E-state index is -4.75. The number of hydrogen-bond acceptors (Lipinski definition) is 3. The maximum atomic E-state index is 13.4. The van der Waals surface area contributed by atoms with E-state index in [0.29, 0.717) is 0 Å². The van der Waals surface area contributed by atoms with E-state index < -0.39 is 17.7 Å². The van der Waals surface area contributed by atoms with Crippen LogP contribution in [0.1, 0.15) is 11.3 Å². The summed E-state index contributed by atoms with van der Waals surface area (Å²) in [5, 5.41) is 12.6. The van der Waals surface area contributed by atoms with Crippen LogP contribution in [0.25, 0.3) is 11.1 Å². The third kappa shape index (κ3) is 3.06. The van der Waals surface area contributed by atoms with Gasteiger partial charge in [0.1, 0.15) is 17.6 Å². The van der Waals surface area contributed by atoms with E-state index >= 15 is 0 Å². The van der Waals surface area contributed by atoms with E-state index in [-0.39, 0.29) is 28.3 Å². The molecule has 0 amide bonds. The first-order valence-electron chi connectivity index (χ1n) is 6.96. The highest BCUT2D eigenvalue weighted by Crippen LogP contribution is 2.44. The number of ether oxygens (including phenoxy) is 1. The number of aromatic nitrogens is 3. The maximum Gasteiger partial charge on any atom is 0.435 e. The lowest BCUT2D eigenvalue weighted by atomic mass is 10.1. The van der Waals surface area contributed by atoms with Gasteiger partial charge in [0.15, 0.2) is 5.69 Å². The summed E-state index contributed by atoms with van der Waals surface area (Å²) >= 11 is 0. The van der Waals surface area contributed by atoms with Crippen molar-refractivity contribution in [2.75, 3.05) is 0 Å². The van der Waals surface area contributed by atoms with Crippen molar-refractivity contribution in [2.24, 2.45) is 7.05 Å². The normalized spacial score (nSPS) is 11.4. The molecule has 0 saturated heterocycles. The lowest BCUT2D eigenvalue weighted by Gasteiger charge is -2.09. The highest BCUT2D eigenvalue weighted by Gasteiger charge is 2.41. The van der Waals surface area contributed by atoms with Crippen LogP contribution in [0, 0.1) is 17.1 Å². The van der Waals surface area contributed by atoms with Gasteiger partial charge in [0, 0.05) is 25.0 Å². The Morgan fingerprint density at radius 3 is 2.48 bits per heavy atom. The number of benzene rings is 1. The van der Waals surface area contributed by atoms with Gasteiger partial charge >= 0.3 is 6.18 Å². The fraction of sp³-hybridized carbons (Fsp3) is 0.125. The molecule has 9 heteroatoms. The van der Waals surface area contributed by atoms with Crippen LogP contribution in [-0.4, -0.2) is 14.8 Å². The van der Waals surface area contributed by atoms with Crippen molar-refractivity contribution in [3.8, 4) is 28.8 Å². The van der Waals surface area contributed by atoms with Gasteiger partial charge in [0.05, 0.1) is 11.1 Å². The van der Waals surface area contributed by atoms with Crippen LogP contribution in [0.3, 0.4) is 0 Å². The fourth-order valence-corrected chi connectivity index (χ4v) is 2.34. The Kier molecular flexibility index (Phi) is 3.96. The third-order valence-electron chi connectivity index (χ3n) is 3.43. The number of alkyl halides is 3. The summed E-state index contributed by atoms with van der Waals surface area (Å²) < 4.78 is 59.6. The first kappa shape index (κ1) is 16.6. The molecule has 0 unspecified atom stereocenters. The Labute approximate surface area is 139 Å². The number of halogens is 4. The van der Waals surface area contributed by atoms with E-state index in [1.54, 1.807) is 0 Å². The molecule has 0 bridgehead atoms. The number of nitriles is 1. The van der Waals surface area contributed by atoms with Gasteiger partial charge < -0.3 is 9.72 Å². The molecule has 5 nitrogen and oxygen atoms in total. The quantitative estimate of drug-likeness (QED) is 0.719. The zero-order chi connectivity index (χ0) is 18.2. The summed E-state index contributed by atoms with van der Waals surface area (Å²) in [5.41, 5.74) is -1.51. The van der Waals surface area contributed by atoms with Crippen LogP contribution in [0.2, 0.25) is 0 Å². The van der Waals surface area contributed by atoms with E-state index in [4.69, 9.17) is 10.00 Å². The number of nitrogens with zero attached hydrogens (tertiary/aromatic N) is 3. The smallest absolute Gasteiger partial charge is 0.435 e. The summed E-state index contributed by atoms with van der Waals surface area (Å²) in [7, 11) is 1.29. The molecule has 0 aliphatic rings. The fourth-order valence-electron chi connectivity index (χ4n) is 2.34. The summed E-state index contributed by atoms with van der Waals surface area (Å²) in [6.07, 6.45) is -2.20. The Morgan fingerprint density at radius 1 is 1.20 bits per heavy atom. The number of H-pyrrole nitrogens is 1. The molecule has 0 fully saturated rings. The largest absolute Gasteiger partial charge is 0.439 e. The molecule has 3 rings (SSSR count). The van der Waals surface area contributed by atoms with Crippen molar-refractivity contribution in [1.29, 1.82) is 5.26 Å². The van der Waals surface area contributed by atoms with Crippen LogP contribution in [0.15, 0.2) is 36.7 Å². The Bertz CT molecular complexity index is 948. The number of nitrogens with one attached hydrogen (secondary N) is 1. The van der Waals surface area contributed by atoms with Crippen molar-refractivity contribution in [3.05, 3.63) is 53.7 Å². The average Bonchev–Trinajstić information content (AvgIpc) is 3.13. The number of aromatic amines is 1. The van der Waals surface area contributed by atoms with Gasteiger partial charge in [-0.1, -0.05) is 0 Å². The molecular formula is C16H10F4N4O. The molecule has 2 heterocycles. The number of hydrogen-bond donors (Lipinski definition) is 1. The van der Waals surface area contributed by atoms with Crippen molar-refractivity contribution >= 4 is 0 Å². The number of rotatable bonds is 3. The predicted molar refractivity (Wildman–Crippen MR) is 79.2 cm³/mol. The van der Waals surface area contributed by atoms with Gasteiger partial charge in [-0.3, -0.25) is 0 Å². The van der Waals surface area contributed by atoms with Crippen molar-refractivity contribution in [1.82, 2.24) is 14.8 Å². The summed E-state index contributed by atoms with van der Waals surface area (Å²) in [6, 6.07) is 6.61. The monoisotopic (exact) mass is 350 g/mol. The van der Waals surface area contributed by atoms with Gasteiger partial charge in [-0.05, 0) is 24.3 Å². The molecule has 1 N–H and O–H groups in total. The summed E-state index contributed by atoms with van der Waals surface area (Å²) in [4.78, 5) is 2.60. The Morgan fingerprint density at radius 2 is 1.88 bits per heavy atom. The van der Waals surface area contributed by atoms with Gasteiger partial charge in [0.25, 0.3) is 0 Å². The van der Waals surface area contributed by atoms with E-state index in [2.05, 4.69) is 10.1 Å². The Hall–Kier alpha value is -3.28. The van der Waals surface area contributed by atoms with Crippen LogP contribution >= 0.6 is 0 Å². The topological polar surface area (TPSA) is 66.6 Å².